The number of ether oxygens (including phenoxy) is 1. The molecule has 1 unspecified atom stereocenters. The van der Waals surface area contributed by atoms with Gasteiger partial charge in [-0.1, -0.05) is 36.4 Å². The molecule has 4 rings (SSSR count). The molecule has 3 aromatic rings. The van der Waals surface area contributed by atoms with Gasteiger partial charge in [-0.05, 0) is 24.1 Å². The standard InChI is InChI=1S/C21H19NO4S/c1-26-17-8-4-2-6-14(17)12-21(20(24)25)10-11-22(21)19(23)16-13-27-18-9-5-3-7-15(16)18/h2-9,13H,10-12H2,1H3,(H,24,25). The number of carboxylic acid groups (broad SMARTS) is 1. The van der Waals surface area contributed by atoms with Crippen LogP contribution in [0, 0.1) is 0 Å². The fraction of sp³-hybridized carbons (Fsp3) is 0.238. The number of likely N-dealkylation sites (tertiary alicyclic amines) is 1. The van der Waals surface area contributed by atoms with Crippen molar-refractivity contribution < 1.29 is 19.4 Å². The fourth-order valence-electron chi connectivity index (χ4n) is 3.72. The number of thiophene rings is 1. The quantitative estimate of drug-likeness (QED) is 0.730. The van der Waals surface area contributed by atoms with Crippen LogP contribution in [0.1, 0.15) is 22.3 Å². The second-order valence-electron chi connectivity index (χ2n) is 6.68. The number of nitrogens with zero attached hydrogens (tertiary/aromatic N) is 1. The van der Waals surface area contributed by atoms with Gasteiger partial charge in [0.2, 0.25) is 0 Å². The van der Waals surface area contributed by atoms with E-state index in [9.17, 15) is 14.7 Å². The predicted molar refractivity (Wildman–Crippen MR) is 105 cm³/mol. The molecule has 1 atom stereocenters. The third-order valence-electron chi connectivity index (χ3n) is 5.30. The Labute approximate surface area is 160 Å². The summed E-state index contributed by atoms with van der Waals surface area (Å²) in [6, 6.07) is 15.0. The number of methoxy groups -OCH3 is 1. The normalized spacial score (nSPS) is 18.9. The first-order chi connectivity index (χ1) is 13.1. The summed E-state index contributed by atoms with van der Waals surface area (Å²) in [6.45, 7) is 0.435. The van der Waals surface area contributed by atoms with Crippen LogP contribution in [0.3, 0.4) is 0 Å². The van der Waals surface area contributed by atoms with Crippen LogP contribution in [0.2, 0.25) is 0 Å². The van der Waals surface area contributed by atoms with Gasteiger partial charge in [0.15, 0.2) is 0 Å². The van der Waals surface area contributed by atoms with Crippen molar-refractivity contribution in [3.63, 3.8) is 0 Å². The van der Waals surface area contributed by atoms with E-state index in [-0.39, 0.29) is 12.3 Å². The Bertz CT molecular complexity index is 1030. The van der Waals surface area contributed by atoms with Gasteiger partial charge >= 0.3 is 5.97 Å². The lowest BCUT2D eigenvalue weighted by molar-refractivity contribution is -0.157. The fourth-order valence-corrected chi connectivity index (χ4v) is 4.66. The van der Waals surface area contributed by atoms with E-state index >= 15 is 0 Å². The lowest BCUT2D eigenvalue weighted by Crippen LogP contribution is -2.67. The summed E-state index contributed by atoms with van der Waals surface area (Å²) in [5, 5.41) is 12.7. The molecule has 138 valence electrons. The monoisotopic (exact) mass is 381 g/mol. The number of carboxylic acids is 1. The number of benzene rings is 2. The van der Waals surface area contributed by atoms with Crippen molar-refractivity contribution in [1.82, 2.24) is 4.90 Å². The zero-order valence-corrected chi connectivity index (χ0v) is 15.7. The van der Waals surface area contributed by atoms with Crippen molar-refractivity contribution in [2.45, 2.75) is 18.4 Å². The molecule has 1 saturated heterocycles. The molecule has 1 N–H and O–H groups in total. The van der Waals surface area contributed by atoms with Gasteiger partial charge in [-0.2, -0.15) is 0 Å². The summed E-state index contributed by atoms with van der Waals surface area (Å²) in [5.41, 5.74) is 0.116. The molecule has 1 aliphatic rings. The Morgan fingerprint density at radius 2 is 1.93 bits per heavy atom. The van der Waals surface area contributed by atoms with Crippen LogP contribution in [0.25, 0.3) is 10.1 Å². The minimum Gasteiger partial charge on any atom is -0.496 e. The zero-order valence-electron chi connectivity index (χ0n) is 14.8. The van der Waals surface area contributed by atoms with Gasteiger partial charge in [-0.3, -0.25) is 4.79 Å². The van der Waals surface area contributed by atoms with E-state index in [0.29, 0.717) is 24.3 Å². The molecule has 27 heavy (non-hydrogen) atoms. The largest absolute Gasteiger partial charge is 0.496 e. The highest BCUT2D eigenvalue weighted by atomic mass is 32.1. The Morgan fingerprint density at radius 3 is 2.63 bits per heavy atom. The van der Waals surface area contributed by atoms with Crippen LogP contribution in [0.4, 0.5) is 0 Å². The summed E-state index contributed by atoms with van der Waals surface area (Å²) in [5.74, 6) is -0.568. The van der Waals surface area contributed by atoms with E-state index in [2.05, 4.69) is 0 Å². The van der Waals surface area contributed by atoms with E-state index < -0.39 is 11.5 Å². The number of hydrogen-bond acceptors (Lipinski definition) is 4. The zero-order chi connectivity index (χ0) is 19.0. The minimum absolute atomic E-state index is 0.222. The second kappa shape index (κ2) is 6.70. The van der Waals surface area contributed by atoms with Gasteiger partial charge in [-0.25, -0.2) is 4.79 Å². The molecule has 1 aromatic heterocycles. The molecule has 1 aliphatic heterocycles. The molecule has 0 radical (unpaired) electrons. The third kappa shape index (κ3) is 2.77. The smallest absolute Gasteiger partial charge is 0.330 e. The third-order valence-corrected chi connectivity index (χ3v) is 6.26. The van der Waals surface area contributed by atoms with Gasteiger partial charge < -0.3 is 14.7 Å². The highest BCUT2D eigenvalue weighted by Crippen LogP contribution is 2.39. The lowest BCUT2D eigenvalue weighted by atomic mass is 9.78. The summed E-state index contributed by atoms with van der Waals surface area (Å²) in [4.78, 5) is 26.9. The first kappa shape index (κ1) is 17.5. The molecule has 2 aromatic carbocycles. The van der Waals surface area contributed by atoms with E-state index in [4.69, 9.17) is 4.74 Å². The molecule has 0 spiro atoms. The average Bonchev–Trinajstić information content (AvgIpc) is 3.09. The van der Waals surface area contributed by atoms with Crippen LogP contribution in [-0.4, -0.2) is 41.1 Å². The molecule has 0 bridgehead atoms. The average molecular weight is 381 g/mol. The van der Waals surface area contributed by atoms with Gasteiger partial charge in [0.1, 0.15) is 11.3 Å². The summed E-state index contributed by atoms with van der Waals surface area (Å²) in [6.07, 6.45) is 0.647. The maximum absolute atomic E-state index is 13.2. The van der Waals surface area contributed by atoms with Gasteiger partial charge in [-0.15, -0.1) is 11.3 Å². The highest BCUT2D eigenvalue weighted by molar-refractivity contribution is 7.17. The molecule has 5 nitrogen and oxygen atoms in total. The Hall–Kier alpha value is -2.86. The van der Waals surface area contributed by atoms with Gasteiger partial charge in [0.25, 0.3) is 5.91 Å². The van der Waals surface area contributed by atoms with Crippen LogP contribution in [-0.2, 0) is 11.2 Å². The van der Waals surface area contributed by atoms with Crippen LogP contribution < -0.4 is 4.74 Å². The van der Waals surface area contributed by atoms with Crippen molar-refractivity contribution in [3.8, 4) is 5.75 Å². The molecule has 0 saturated carbocycles. The van der Waals surface area contributed by atoms with Gasteiger partial charge in [0.05, 0.1) is 12.7 Å². The number of para-hydroxylation sites is 1. The number of carbonyl (C=O) groups is 2. The number of aliphatic carboxylic acids is 1. The van der Waals surface area contributed by atoms with Crippen LogP contribution >= 0.6 is 11.3 Å². The number of carbonyl (C=O) groups excluding carboxylic acids is 1. The van der Waals surface area contributed by atoms with E-state index in [1.165, 1.54) is 16.2 Å². The Balaban J connectivity index is 1.70. The number of fused-ring (bicyclic) bond motifs is 1. The SMILES string of the molecule is COc1ccccc1CC1(C(=O)O)CCN1C(=O)c1csc2ccccc12. The molecule has 1 amide bonds. The van der Waals surface area contributed by atoms with Gasteiger partial charge in [0, 0.05) is 28.4 Å². The molecular weight excluding hydrogens is 362 g/mol. The Kier molecular flexibility index (Phi) is 4.36. The first-order valence-electron chi connectivity index (χ1n) is 8.70. The van der Waals surface area contributed by atoms with Crippen LogP contribution in [0.15, 0.2) is 53.9 Å². The maximum Gasteiger partial charge on any atom is 0.330 e. The lowest BCUT2D eigenvalue weighted by Gasteiger charge is -2.49. The highest BCUT2D eigenvalue weighted by Gasteiger charge is 2.54. The molecule has 6 heteroatoms. The minimum atomic E-state index is -1.24. The molecule has 0 aliphatic carbocycles. The van der Waals surface area contributed by atoms with Crippen molar-refractivity contribution in [1.29, 1.82) is 0 Å². The topological polar surface area (TPSA) is 66.8 Å². The Morgan fingerprint density at radius 1 is 1.19 bits per heavy atom. The van der Waals surface area contributed by atoms with E-state index in [0.717, 1.165) is 15.6 Å². The molecule has 2 heterocycles. The number of amides is 1. The van der Waals surface area contributed by atoms with Crippen molar-refractivity contribution in [2.24, 2.45) is 0 Å². The van der Waals surface area contributed by atoms with E-state index in [1.54, 1.807) is 7.11 Å². The predicted octanol–water partition coefficient (Wildman–Crippen LogP) is 3.82. The van der Waals surface area contributed by atoms with E-state index in [1.807, 2.05) is 53.9 Å². The van der Waals surface area contributed by atoms with Crippen LogP contribution in [0.5, 0.6) is 5.75 Å². The molecular formula is C21H19NO4S. The van der Waals surface area contributed by atoms with Crippen molar-refractivity contribution in [2.75, 3.05) is 13.7 Å². The van der Waals surface area contributed by atoms with Crippen molar-refractivity contribution in [3.05, 3.63) is 65.0 Å². The molecule has 1 fully saturated rings. The summed E-state index contributed by atoms with van der Waals surface area (Å²) >= 11 is 1.50. The maximum atomic E-state index is 13.2. The first-order valence-corrected chi connectivity index (χ1v) is 9.58. The summed E-state index contributed by atoms with van der Waals surface area (Å²) in [7, 11) is 1.56. The summed E-state index contributed by atoms with van der Waals surface area (Å²) < 4.78 is 6.39. The second-order valence-corrected chi connectivity index (χ2v) is 7.59. The number of rotatable bonds is 5. The van der Waals surface area contributed by atoms with Crippen molar-refractivity contribution >= 4 is 33.3 Å². The number of hydrogen-bond donors (Lipinski definition) is 1.